The number of benzene rings is 3. The average Bonchev–Trinajstić information content (AvgIpc) is 3.11. The predicted molar refractivity (Wildman–Crippen MR) is 135 cm³/mol. The molecule has 0 aromatic heterocycles. The van der Waals surface area contributed by atoms with Crippen LogP contribution < -0.4 is 15.0 Å². The van der Waals surface area contributed by atoms with Gasteiger partial charge in [0.1, 0.15) is 17.9 Å². The lowest BCUT2D eigenvalue weighted by molar-refractivity contribution is -0.121. The van der Waals surface area contributed by atoms with Crippen LogP contribution in [0.25, 0.3) is 0 Å². The molecule has 0 saturated carbocycles. The van der Waals surface area contributed by atoms with Gasteiger partial charge < -0.3 is 15.0 Å². The minimum absolute atomic E-state index is 0.0824. The summed E-state index contributed by atoms with van der Waals surface area (Å²) in [7, 11) is 1.61. The normalized spacial score (nSPS) is 15.1. The third-order valence-electron chi connectivity index (χ3n) is 6.24. The van der Waals surface area contributed by atoms with Crippen LogP contribution in [0.1, 0.15) is 29.2 Å². The summed E-state index contributed by atoms with van der Waals surface area (Å²) in [4.78, 5) is 18.2. The summed E-state index contributed by atoms with van der Waals surface area (Å²) in [6, 6.07) is 25.3. The summed E-state index contributed by atoms with van der Waals surface area (Å²) >= 11 is 0. The van der Waals surface area contributed by atoms with Crippen LogP contribution in [0, 0.1) is 18.3 Å². The molecule has 34 heavy (non-hydrogen) atoms. The van der Waals surface area contributed by atoms with Gasteiger partial charge in [-0.15, -0.1) is 0 Å². The molecule has 1 N–H and O–H groups in total. The Morgan fingerprint density at radius 2 is 1.76 bits per heavy atom. The van der Waals surface area contributed by atoms with E-state index in [0.717, 1.165) is 42.9 Å². The van der Waals surface area contributed by atoms with Crippen molar-refractivity contribution >= 4 is 17.3 Å². The number of methoxy groups -OCH3 is 1. The van der Waals surface area contributed by atoms with Gasteiger partial charge in [0.2, 0.25) is 5.91 Å². The molecule has 174 valence electrons. The molecule has 6 heteroatoms. The molecule has 0 aliphatic carbocycles. The second kappa shape index (κ2) is 10.9. The molecule has 1 atom stereocenters. The summed E-state index contributed by atoms with van der Waals surface area (Å²) in [5.74, 6) is 0.557. The van der Waals surface area contributed by atoms with E-state index in [1.807, 2.05) is 79.7 Å². The van der Waals surface area contributed by atoms with Crippen molar-refractivity contribution in [2.24, 2.45) is 0 Å². The van der Waals surface area contributed by atoms with Crippen LogP contribution in [0.4, 0.5) is 11.4 Å². The smallest absolute Gasteiger partial charge is 0.246 e. The van der Waals surface area contributed by atoms with Crippen molar-refractivity contribution in [2.45, 2.75) is 19.4 Å². The Bertz CT molecular complexity index is 1170. The summed E-state index contributed by atoms with van der Waals surface area (Å²) in [5, 5.41) is 12.7. The van der Waals surface area contributed by atoms with Gasteiger partial charge >= 0.3 is 0 Å². The number of nitriles is 1. The maximum absolute atomic E-state index is 13.7. The number of carbonyl (C=O) groups excluding carboxylic acids is 1. The molecule has 4 rings (SSSR count). The number of carbonyl (C=O) groups is 1. The van der Waals surface area contributed by atoms with E-state index in [9.17, 15) is 10.1 Å². The fourth-order valence-electron chi connectivity index (χ4n) is 4.56. The van der Waals surface area contributed by atoms with E-state index in [4.69, 9.17) is 4.74 Å². The molecule has 1 amide bonds. The topological polar surface area (TPSA) is 68.6 Å². The summed E-state index contributed by atoms with van der Waals surface area (Å²) in [6.07, 6.45) is 0.893. The number of hydrogen-bond donors (Lipinski definition) is 1. The van der Waals surface area contributed by atoms with E-state index >= 15 is 0 Å². The summed E-state index contributed by atoms with van der Waals surface area (Å²) in [5.41, 5.74) is 4.32. The molecule has 1 unspecified atom stereocenters. The van der Waals surface area contributed by atoms with Crippen molar-refractivity contribution in [1.82, 2.24) is 4.90 Å². The first kappa shape index (κ1) is 23.3. The highest BCUT2D eigenvalue weighted by molar-refractivity contribution is 5.96. The van der Waals surface area contributed by atoms with E-state index < -0.39 is 6.04 Å². The second-order valence-corrected chi connectivity index (χ2v) is 8.51. The quantitative estimate of drug-likeness (QED) is 0.581. The first-order valence-corrected chi connectivity index (χ1v) is 11.6. The molecule has 1 heterocycles. The first-order valence-electron chi connectivity index (χ1n) is 11.6. The number of rotatable bonds is 6. The number of aryl methyl sites for hydroxylation is 1. The third-order valence-corrected chi connectivity index (χ3v) is 6.24. The lowest BCUT2D eigenvalue weighted by Crippen LogP contribution is -2.39. The van der Waals surface area contributed by atoms with Gasteiger partial charge in [0.25, 0.3) is 0 Å². The summed E-state index contributed by atoms with van der Waals surface area (Å²) in [6.45, 7) is 5.06. The highest BCUT2D eigenvalue weighted by Gasteiger charge is 2.30. The number of nitrogens with one attached hydrogen (secondary N) is 1. The number of ether oxygens (including phenoxy) is 1. The van der Waals surface area contributed by atoms with Gasteiger partial charge in [0, 0.05) is 26.2 Å². The predicted octanol–water partition coefficient (Wildman–Crippen LogP) is 4.77. The minimum Gasteiger partial charge on any atom is -0.495 e. The third kappa shape index (κ3) is 5.22. The van der Waals surface area contributed by atoms with Gasteiger partial charge in [-0.2, -0.15) is 5.26 Å². The van der Waals surface area contributed by atoms with Gasteiger partial charge in [-0.1, -0.05) is 48.5 Å². The van der Waals surface area contributed by atoms with E-state index in [2.05, 4.69) is 21.2 Å². The number of amides is 1. The van der Waals surface area contributed by atoms with E-state index in [0.29, 0.717) is 23.5 Å². The van der Waals surface area contributed by atoms with Crippen LogP contribution in [0.2, 0.25) is 0 Å². The zero-order chi connectivity index (χ0) is 23.9. The average molecular weight is 455 g/mol. The van der Waals surface area contributed by atoms with Crippen LogP contribution in [0.3, 0.4) is 0 Å². The van der Waals surface area contributed by atoms with Crippen LogP contribution in [-0.2, 0) is 4.79 Å². The number of hydrogen-bond acceptors (Lipinski definition) is 5. The molecular weight excluding hydrogens is 424 g/mol. The highest BCUT2D eigenvalue weighted by Crippen LogP contribution is 2.30. The van der Waals surface area contributed by atoms with Gasteiger partial charge in [0.15, 0.2) is 0 Å². The largest absolute Gasteiger partial charge is 0.495 e. The van der Waals surface area contributed by atoms with Crippen molar-refractivity contribution in [1.29, 1.82) is 5.26 Å². The molecule has 6 nitrogen and oxygen atoms in total. The molecule has 1 aliphatic heterocycles. The molecule has 3 aromatic carbocycles. The van der Waals surface area contributed by atoms with E-state index in [1.165, 1.54) is 0 Å². The number of para-hydroxylation sites is 1. The van der Waals surface area contributed by atoms with Gasteiger partial charge in [0.05, 0.1) is 24.0 Å². The Morgan fingerprint density at radius 3 is 2.53 bits per heavy atom. The molecule has 0 radical (unpaired) electrons. The minimum atomic E-state index is -0.433. The van der Waals surface area contributed by atoms with E-state index in [-0.39, 0.29) is 5.91 Å². The second-order valence-electron chi connectivity index (χ2n) is 8.51. The monoisotopic (exact) mass is 454 g/mol. The Morgan fingerprint density at radius 1 is 1.00 bits per heavy atom. The maximum atomic E-state index is 13.7. The number of nitrogens with zero attached hydrogens (tertiary/aromatic N) is 3. The van der Waals surface area contributed by atoms with Crippen molar-refractivity contribution in [3.63, 3.8) is 0 Å². The van der Waals surface area contributed by atoms with Crippen molar-refractivity contribution < 1.29 is 9.53 Å². The van der Waals surface area contributed by atoms with Crippen LogP contribution in [-0.4, -0.2) is 44.1 Å². The van der Waals surface area contributed by atoms with Crippen LogP contribution in [0.15, 0.2) is 72.8 Å². The lowest BCUT2D eigenvalue weighted by atomic mass is 10.0. The SMILES string of the molecule is COc1ccc(C)cc1NC(=O)C(c1ccccc1)N1CCCN(c2ccccc2C#N)CC1. The van der Waals surface area contributed by atoms with Gasteiger partial charge in [-0.3, -0.25) is 9.69 Å². The Hall–Kier alpha value is -3.82. The highest BCUT2D eigenvalue weighted by atomic mass is 16.5. The Kier molecular flexibility index (Phi) is 7.46. The molecule has 3 aromatic rings. The standard InChI is InChI=1S/C28H30N4O2/c1-21-13-14-26(34-2)24(19-21)30-28(33)27(22-9-4-3-5-10-22)32-16-8-15-31(17-18-32)25-12-7-6-11-23(25)20-29/h3-7,9-14,19,27H,8,15-18H2,1-2H3,(H,30,33). The zero-order valence-electron chi connectivity index (χ0n) is 19.7. The van der Waals surface area contributed by atoms with Crippen LogP contribution in [0.5, 0.6) is 5.75 Å². The van der Waals surface area contributed by atoms with Crippen molar-refractivity contribution in [2.75, 3.05) is 43.5 Å². The molecule has 1 saturated heterocycles. The Balaban J connectivity index is 1.59. The molecule has 0 bridgehead atoms. The van der Waals surface area contributed by atoms with E-state index in [1.54, 1.807) is 7.11 Å². The van der Waals surface area contributed by atoms with Crippen LogP contribution >= 0.6 is 0 Å². The van der Waals surface area contributed by atoms with Crippen molar-refractivity contribution in [3.05, 3.63) is 89.5 Å². The fourth-order valence-corrected chi connectivity index (χ4v) is 4.56. The maximum Gasteiger partial charge on any atom is 0.246 e. The molecule has 1 fully saturated rings. The van der Waals surface area contributed by atoms with Crippen molar-refractivity contribution in [3.8, 4) is 11.8 Å². The molecular formula is C28H30N4O2. The summed E-state index contributed by atoms with van der Waals surface area (Å²) < 4.78 is 5.48. The molecule has 1 aliphatic rings. The first-order chi connectivity index (χ1) is 16.6. The lowest BCUT2D eigenvalue weighted by Gasteiger charge is -2.30. The zero-order valence-corrected chi connectivity index (χ0v) is 19.7. The number of anilines is 2. The van der Waals surface area contributed by atoms with Gasteiger partial charge in [-0.05, 0) is 48.7 Å². The van der Waals surface area contributed by atoms with Gasteiger partial charge in [-0.25, -0.2) is 0 Å². The Labute approximate surface area is 201 Å². The molecule has 0 spiro atoms. The fraction of sp³-hybridized carbons (Fsp3) is 0.286.